The number of hydrogen-bond acceptors (Lipinski definition) is 3. The highest BCUT2D eigenvalue weighted by atomic mass is 79.9. The summed E-state index contributed by atoms with van der Waals surface area (Å²) in [6, 6.07) is 5.19. The molecule has 0 saturated carbocycles. The Morgan fingerprint density at radius 3 is 2.60 bits per heavy atom. The minimum Gasteiger partial charge on any atom is -0.383 e. The van der Waals surface area contributed by atoms with Crippen LogP contribution in [0.3, 0.4) is 0 Å². The molecule has 0 saturated heterocycles. The van der Waals surface area contributed by atoms with E-state index in [0.29, 0.717) is 33.2 Å². The van der Waals surface area contributed by atoms with Crippen LogP contribution in [0.15, 0.2) is 22.7 Å². The van der Waals surface area contributed by atoms with Gasteiger partial charge in [0.1, 0.15) is 5.82 Å². The van der Waals surface area contributed by atoms with Gasteiger partial charge in [0.2, 0.25) is 0 Å². The van der Waals surface area contributed by atoms with Gasteiger partial charge in [0, 0.05) is 10.6 Å². The highest BCUT2D eigenvalue weighted by Crippen LogP contribution is 2.32. The van der Waals surface area contributed by atoms with Crippen molar-refractivity contribution in [3.63, 3.8) is 0 Å². The zero-order valence-electron chi connectivity index (χ0n) is 11.1. The van der Waals surface area contributed by atoms with E-state index in [1.807, 2.05) is 0 Å². The lowest BCUT2D eigenvalue weighted by molar-refractivity contribution is 0.633. The van der Waals surface area contributed by atoms with Crippen LogP contribution in [0.5, 0.6) is 0 Å². The minimum atomic E-state index is 0.404. The molecule has 0 radical (unpaired) electrons. The van der Waals surface area contributed by atoms with Crippen LogP contribution >= 0.6 is 39.1 Å². The maximum atomic E-state index is 6.19. The normalized spacial score (nSPS) is 11.1. The van der Waals surface area contributed by atoms with Crippen LogP contribution in [0.4, 0.5) is 5.82 Å². The molecule has 0 aliphatic carbocycles. The van der Waals surface area contributed by atoms with Gasteiger partial charge in [0.05, 0.1) is 15.2 Å². The van der Waals surface area contributed by atoms with Gasteiger partial charge in [-0.3, -0.25) is 0 Å². The summed E-state index contributed by atoms with van der Waals surface area (Å²) < 4.78 is 0.744. The van der Waals surface area contributed by atoms with Gasteiger partial charge in [-0.1, -0.05) is 37.0 Å². The number of hydrogen-bond donors (Lipinski definition) is 1. The van der Waals surface area contributed by atoms with E-state index < -0.39 is 0 Å². The summed E-state index contributed by atoms with van der Waals surface area (Å²) >= 11 is 15.6. The Kier molecular flexibility index (Phi) is 4.89. The predicted molar refractivity (Wildman–Crippen MR) is 88.1 cm³/mol. The molecule has 1 heterocycles. The Morgan fingerprint density at radius 1 is 1.25 bits per heavy atom. The fourth-order valence-electron chi connectivity index (χ4n) is 1.82. The smallest absolute Gasteiger partial charge is 0.163 e. The third-order valence-electron chi connectivity index (χ3n) is 2.72. The zero-order chi connectivity index (χ0) is 14.9. The second-order valence-electron chi connectivity index (χ2n) is 4.92. The van der Waals surface area contributed by atoms with Gasteiger partial charge in [-0.05, 0) is 46.5 Å². The first-order chi connectivity index (χ1) is 9.38. The van der Waals surface area contributed by atoms with Crippen molar-refractivity contribution in [1.82, 2.24) is 9.97 Å². The highest BCUT2D eigenvalue weighted by molar-refractivity contribution is 9.10. The number of aromatic nitrogens is 2. The SMILES string of the molecule is CC(C)Cc1nc(-c2cc(Cl)ccc2Cl)nc(N)c1Br. The molecule has 2 aromatic rings. The van der Waals surface area contributed by atoms with Crippen molar-refractivity contribution in [1.29, 1.82) is 0 Å². The van der Waals surface area contributed by atoms with Crippen LogP contribution in [0.25, 0.3) is 11.4 Å². The number of anilines is 1. The molecular weight excluding hydrogens is 361 g/mol. The van der Waals surface area contributed by atoms with E-state index in [4.69, 9.17) is 28.9 Å². The van der Waals surface area contributed by atoms with E-state index in [0.717, 1.165) is 16.6 Å². The highest BCUT2D eigenvalue weighted by Gasteiger charge is 2.15. The molecule has 0 amide bonds. The Bertz CT molecular complexity index is 645. The van der Waals surface area contributed by atoms with Crippen LogP contribution in [0.1, 0.15) is 19.5 Å². The minimum absolute atomic E-state index is 0.404. The van der Waals surface area contributed by atoms with E-state index in [9.17, 15) is 0 Å². The van der Waals surface area contributed by atoms with Crippen LogP contribution < -0.4 is 5.73 Å². The topological polar surface area (TPSA) is 51.8 Å². The molecule has 1 aromatic heterocycles. The lowest BCUT2D eigenvalue weighted by Crippen LogP contribution is -2.05. The number of benzene rings is 1. The molecular formula is C14H14BrCl2N3. The molecule has 2 N–H and O–H groups in total. The van der Waals surface area contributed by atoms with Gasteiger partial charge < -0.3 is 5.73 Å². The average Bonchev–Trinajstić information content (AvgIpc) is 2.37. The molecule has 0 bridgehead atoms. The number of nitrogen functional groups attached to an aromatic ring is 1. The van der Waals surface area contributed by atoms with Crippen molar-refractivity contribution in [3.8, 4) is 11.4 Å². The molecule has 6 heteroatoms. The fourth-order valence-corrected chi connectivity index (χ4v) is 2.54. The van der Waals surface area contributed by atoms with Crippen molar-refractivity contribution in [2.75, 3.05) is 5.73 Å². The van der Waals surface area contributed by atoms with Gasteiger partial charge in [0.15, 0.2) is 5.82 Å². The Hall–Kier alpha value is -0.840. The van der Waals surface area contributed by atoms with Crippen molar-refractivity contribution in [2.45, 2.75) is 20.3 Å². The van der Waals surface area contributed by atoms with Crippen LogP contribution in [0, 0.1) is 5.92 Å². The summed E-state index contributed by atoms with van der Waals surface area (Å²) in [5.74, 6) is 1.36. The maximum Gasteiger partial charge on any atom is 0.163 e. The standard InChI is InChI=1S/C14H14BrCl2N3/c1-7(2)5-11-12(15)13(18)20-14(19-11)9-6-8(16)3-4-10(9)17/h3-4,6-7H,5H2,1-2H3,(H2,18,19,20). The second-order valence-corrected chi connectivity index (χ2v) is 6.55. The second kappa shape index (κ2) is 6.29. The molecule has 0 unspecified atom stereocenters. The largest absolute Gasteiger partial charge is 0.383 e. The molecule has 2 rings (SSSR count). The van der Waals surface area contributed by atoms with Gasteiger partial charge in [-0.25, -0.2) is 9.97 Å². The summed E-state index contributed by atoms with van der Waals surface area (Å²) in [6.07, 6.45) is 0.804. The Balaban J connectivity index is 2.57. The van der Waals surface area contributed by atoms with Crippen molar-refractivity contribution in [3.05, 3.63) is 38.4 Å². The molecule has 0 aliphatic rings. The van der Waals surface area contributed by atoms with Crippen LogP contribution in [-0.4, -0.2) is 9.97 Å². The van der Waals surface area contributed by atoms with Gasteiger partial charge in [-0.2, -0.15) is 0 Å². The van der Waals surface area contributed by atoms with E-state index in [1.165, 1.54) is 0 Å². The van der Waals surface area contributed by atoms with Crippen molar-refractivity contribution >= 4 is 44.9 Å². The summed E-state index contributed by atoms with van der Waals surface area (Å²) in [7, 11) is 0. The number of nitrogens with two attached hydrogens (primary N) is 1. The first-order valence-electron chi connectivity index (χ1n) is 6.15. The molecule has 0 spiro atoms. The van der Waals surface area contributed by atoms with Crippen molar-refractivity contribution < 1.29 is 0 Å². The van der Waals surface area contributed by atoms with E-state index in [2.05, 4.69) is 39.7 Å². The van der Waals surface area contributed by atoms with E-state index in [-0.39, 0.29) is 0 Å². The third-order valence-corrected chi connectivity index (χ3v) is 4.14. The fraction of sp³-hybridized carbons (Fsp3) is 0.286. The quantitative estimate of drug-likeness (QED) is 0.822. The Morgan fingerprint density at radius 2 is 1.95 bits per heavy atom. The first-order valence-corrected chi connectivity index (χ1v) is 7.70. The van der Waals surface area contributed by atoms with E-state index >= 15 is 0 Å². The van der Waals surface area contributed by atoms with Crippen LogP contribution in [0.2, 0.25) is 10.0 Å². The average molecular weight is 375 g/mol. The first kappa shape index (κ1) is 15.5. The molecule has 0 aliphatic heterocycles. The molecule has 106 valence electrons. The summed E-state index contributed by atoms with van der Waals surface area (Å²) in [4.78, 5) is 8.85. The monoisotopic (exact) mass is 373 g/mol. The molecule has 3 nitrogen and oxygen atoms in total. The molecule has 20 heavy (non-hydrogen) atoms. The number of rotatable bonds is 3. The lowest BCUT2D eigenvalue weighted by atomic mass is 10.1. The molecule has 0 atom stereocenters. The summed E-state index contributed by atoms with van der Waals surface area (Å²) in [5, 5.41) is 1.13. The molecule has 1 aromatic carbocycles. The zero-order valence-corrected chi connectivity index (χ0v) is 14.2. The number of nitrogens with zero attached hydrogens (tertiary/aromatic N) is 2. The number of halogens is 3. The van der Waals surface area contributed by atoms with Crippen LogP contribution in [-0.2, 0) is 6.42 Å². The third kappa shape index (κ3) is 3.43. The molecule has 0 fully saturated rings. The predicted octanol–water partition coefficient (Wildman–Crippen LogP) is 4.99. The van der Waals surface area contributed by atoms with Gasteiger partial charge in [-0.15, -0.1) is 0 Å². The van der Waals surface area contributed by atoms with Gasteiger partial charge in [0.25, 0.3) is 0 Å². The summed E-state index contributed by atoms with van der Waals surface area (Å²) in [6.45, 7) is 4.24. The summed E-state index contributed by atoms with van der Waals surface area (Å²) in [5.41, 5.74) is 7.51. The van der Waals surface area contributed by atoms with Crippen molar-refractivity contribution in [2.24, 2.45) is 5.92 Å². The maximum absolute atomic E-state index is 6.19. The lowest BCUT2D eigenvalue weighted by Gasteiger charge is -2.11. The Labute approximate surface area is 136 Å². The van der Waals surface area contributed by atoms with Gasteiger partial charge >= 0.3 is 0 Å². The van der Waals surface area contributed by atoms with E-state index in [1.54, 1.807) is 18.2 Å².